The van der Waals surface area contributed by atoms with Crippen molar-refractivity contribution in [1.29, 1.82) is 5.26 Å². The maximum absolute atomic E-state index is 13.8. The van der Waals surface area contributed by atoms with E-state index in [9.17, 15) is 10.1 Å². The third-order valence-corrected chi connectivity index (χ3v) is 5.80. The molecule has 3 heterocycles. The summed E-state index contributed by atoms with van der Waals surface area (Å²) < 4.78 is 23.8. The van der Waals surface area contributed by atoms with Gasteiger partial charge >= 0.3 is 0 Å². The minimum Gasteiger partial charge on any atom is -0.493 e. The molecule has 0 radical (unpaired) electrons. The summed E-state index contributed by atoms with van der Waals surface area (Å²) in [6.07, 6.45) is 3.35. The van der Waals surface area contributed by atoms with E-state index in [0.29, 0.717) is 46.4 Å². The molecule has 1 atom stereocenters. The number of rotatable bonds is 6. The fourth-order valence-corrected chi connectivity index (χ4v) is 4.15. The van der Waals surface area contributed by atoms with Gasteiger partial charge in [0.1, 0.15) is 17.4 Å². The lowest BCUT2D eigenvalue weighted by Gasteiger charge is -2.28. The minimum absolute atomic E-state index is 0.0561. The summed E-state index contributed by atoms with van der Waals surface area (Å²) in [4.78, 5) is 17.9. The number of nitrogens with two attached hydrogens (primary N) is 1. The molecule has 1 aliphatic rings. The number of pyridine rings is 2. The topological polar surface area (TPSA) is 122 Å². The Hall–Kier alpha value is -4.45. The molecule has 2 N–H and O–H groups in total. The predicted octanol–water partition coefficient (Wildman–Crippen LogP) is 2.84. The lowest BCUT2D eigenvalue weighted by atomic mass is 9.83. The van der Waals surface area contributed by atoms with Gasteiger partial charge in [-0.15, -0.1) is 0 Å². The van der Waals surface area contributed by atoms with Crippen molar-refractivity contribution in [3.05, 3.63) is 86.9 Å². The van der Waals surface area contributed by atoms with Gasteiger partial charge in [0, 0.05) is 24.2 Å². The second-order valence-corrected chi connectivity index (χ2v) is 7.69. The number of fused-ring (bicyclic) bond motifs is 1. The van der Waals surface area contributed by atoms with Crippen LogP contribution in [0.4, 0.5) is 0 Å². The Morgan fingerprint density at radius 2 is 1.76 bits per heavy atom. The number of allylic oxidation sites excluding steroid dienone is 1. The van der Waals surface area contributed by atoms with Crippen LogP contribution in [-0.4, -0.2) is 30.9 Å². The Morgan fingerprint density at radius 1 is 1.12 bits per heavy atom. The van der Waals surface area contributed by atoms with Crippen LogP contribution in [0, 0.1) is 18.3 Å². The van der Waals surface area contributed by atoms with Gasteiger partial charge in [0.15, 0.2) is 11.5 Å². The number of aromatic nitrogens is 2. The van der Waals surface area contributed by atoms with Crippen LogP contribution in [0.15, 0.2) is 59.0 Å². The van der Waals surface area contributed by atoms with Crippen molar-refractivity contribution in [2.24, 2.45) is 5.73 Å². The molecule has 34 heavy (non-hydrogen) atoms. The summed E-state index contributed by atoms with van der Waals surface area (Å²) >= 11 is 0. The minimum atomic E-state index is -0.792. The van der Waals surface area contributed by atoms with Crippen molar-refractivity contribution >= 4 is 0 Å². The predicted molar refractivity (Wildman–Crippen MR) is 124 cm³/mol. The maximum atomic E-state index is 13.8. The van der Waals surface area contributed by atoms with E-state index < -0.39 is 5.92 Å². The first-order valence-electron chi connectivity index (χ1n) is 10.4. The molecule has 3 aromatic rings. The second-order valence-electron chi connectivity index (χ2n) is 7.69. The van der Waals surface area contributed by atoms with Gasteiger partial charge < -0.3 is 29.2 Å². The molecular formula is C25H24N4O5. The van der Waals surface area contributed by atoms with Gasteiger partial charge in [-0.1, -0.05) is 0 Å². The molecule has 9 heteroatoms. The third kappa shape index (κ3) is 3.79. The Kier molecular flexibility index (Phi) is 6.15. The lowest BCUT2D eigenvalue weighted by molar-refractivity contribution is 0.323. The van der Waals surface area contributed by atoms with Gasteiger partial charge in [-0.3, -0.25) is 9.78 Å². The van der Waals surface area contributed by atoms with Crippen molar-refractivity contribution in [3.8, 4) is 29.1 Å². The molecule has 0 saturated carbocycles. The molecule has 2 aromatic heterocycles. The van der Waals surface area contributed by atoms with E-state index >= 15 is 0 Å². The normalized spacial score (nSPS) is 14.6. The molecule has 174 valence electrons. The highest BCUT2D eigenvalue weighted by atomic mass is 16.5. The fourth-order valence-electron chi connectivity index (χ4n) is 4.15. The molecular weight excluding hydrogens is 436 g/mol. The third-order valence-electron chi connectivity index (χ3n) is 5.80. The second kappa shape index (κ2) is 9.19. The SMILES string of the molecule is COc1cc(C2C(C#N)=C(N)Oc3cc(C)n(Cc4ccncc4)c(=O)c32)cc(OC)c1OC. The maximum Gasteiger partial charge on any atom is 0.259 e. The van der Waals surface area contributed by atoms with E-state index in [4.69, 9.17) is 24.7 Å². The number of hydrogen-bond donors (Lipinski definition) is 1. The first kappa shape index (κ1) is 22.7. The Balaban J connectivity index is 1.97. The highest BCUT2D eigenvalue weighted by Gasteiger charge is 2.35. The Bertz CT molecular complexity index is 1350. The van der Waals surface area contributed by atoms with E-state index in [1.165, 1.54) is 21.3 Å². The van der Waals surface area contributed by atoms with Crippen molar-refractivity contribution < 1.29 is 18.9 Å². The monoisotopic (exact) mass is 460 g/mol. The zero-order valence-corrected chi connectivity index (χ0v) is 19.3. The summed E-state index contributed by atoms with van der Waals surface area (Å²) in [7, 11) is 4.50. The Labute approximate surface area is 196 Å². The number of nitrogens with zero attached hydrogens (tertiary/aromatic N) is 3. The van der Waals surface area contributed by atoms with E-state index in [-0.39, 0.29) is 17.0 Å². The summed E-state index contributed by atoms with van der Waals surface area (Å²) in [5.41, 5.74) is 8.45. The van der Waals surface area contributed by atoms with Crippen molar-refractivity contribution in [3.63, 3.8) is 0 Å². The van der Waals surface area contributed by atoms with E-state index in [1.54, 1.807) is 35.2 Å². The largest absolute Gasteiger partial charge is 0.493 e. The number of methoxy groups -OCH3 is 3. The summed E-state index contributed by atoms with van der Waals surface area (Å²) in [6, 6.07) is 11.0. The number of nitriles is 1. The molecule has 0 bridgehead atoms. The zero-order chi connectivity index (χ0) is 24.4. The van der Waals surface area contributed by atoms with Gasteiger partial charge in [0.25, 0.3) is 5.56 Å². The van der Waals surface area contributed by atoms with Gasteiger partial charge in [-0.25, -0.2) is 0 Å². The molecule has 0 aliphatic carbocycles. The highest BCUT2D eigenvalue weighted by Crippen LogP contribution is 2.46. The van der Waals surface area contributed by atoms with Crippen LogP contribution in [0.1, 0.15) is 28.3 Å². The fraction of sp³-hybridized carbons (Fsp3) is 0.240. The van der Waals surface area contributed by atoms with Gasteiger partial charge in [-0.2, -0.15) is 5.26 Å². The molecule has 0 spiro atoms. The highest BCUT2D eigenvalue weighted by molar-refractivity contribution is 5.61. The summed E-state index contributed by atoms with van der Waals surface area (Å²) in [6.45, 7) is 2.16. The van der Waals surface area contributed by atoms with Crippen LogP contribution in [-0.2, 0) is 6.54 Å². The zero-order valence-electron chi connectivity index (χ0n) is 19.3. The van der Waals surface area contributed by atoms with Crippen LogP contribution in [0.25, 0.3) is 0 Å². The van der Waals surface area contributed by atoms with Gasteiger partial charge in [0.05, 0.1) is 39.4 Å². The van der Waals surface area contributed by atoms with Crippen LogP contribution < -0.4 is 30.2 Å². The van der Waals surface area contributed by atoms with Gasteiger partial charge in [-0.05, 0) is 42.3 Å². The molecule has 1 aromatic carbocycles. The van der Waals surface area contributed by atoms with Crippen LogP contribution >= 0.6 is 0 Å². The molecule has 4 rings (SSSR count). The van der Waals surface area contributed by atoms with Gasteiger partial charge in [0.2, 0.25) is 11.6 Å². The summed E-state index contributed by atoms with van der Waals surface area (Å²) in [5, 5.41) is 9.95. The molecule has 0 fully saturated rings. The molecule has 0 amide bonds. The van der Waals surface area contributed by atoms with E-state index in [0.717, 1.165) is 5.56 Å². The van der Waals surface area contributed by atoms with E-state index in [2.05, 4.69) is 11.1 Å². The van der Waals surface area contributed by atoms with Crippen molar-refractivity contribution in [2.45, 2.75) is 19.4 Å². The molecule has 0 saturated heterocycles. The first-order chi connectivity index (χ1) is 16.4. The van der Waals surface area contributed by atoms with Crippen molar-refractivity contribution in [2.75, 3.05) is 21.3 Å². The molecule has 1 aliphatic heterocycles. The molecule has 9 nitrogen and oxygen atoms in total. The number of hydrogen-bond acceptors (Lipinski definition) is 8. The van der Waals surface area contributed by atoms with Crippen molar-refractivity contribution in [1.82, 2.24) is 9.55 Å². The lowest BCUT2D eigenvalue weighted by Crippen LogP contribution is -2.33. The van der Waals surface area contributed by atoms with Crippen LogP contribution in [0.3, 0.4) is 0 Å². The van der Waals surface area contributed by atoms with E-state index in [1.807, 2.05) is 19.1 Å². The Morgan fingerprint density at radius 3 is 2.32 bits per heavy atom. The number of aryl methyl sites for hydroxylation is 1. The summed E-state index contributed by atoms with van der Waals surface area (Å²) in [5.74, 6) is 0.646. The number of benzene rings is 1. The van der Waals surface area contributed by atoms with Crippen LogP contribution in [0.2, 0.25) is 0 Å². The average molecular weight is 460 g/mol. The number of ether oxygens (including phenoxy) is 4. The molecule has 1 unspecified atom stereocenters. The standard InChI is InChI=1S/C25H24N4O5/c1-14-9-18-22(25(30)29(14)13-15-5-7-28-8-6-15)21(17(12-26)24(27)34-18)16-10-19(31-2)23(33-4)20(11-16)32-3/h5-11,21H,13,27H2,1-4H3. The average Bonchev–Trinajstić information content (AvgIpc) is 2.85. The quantitative estimate of drug-likeness (QED) is 0.596. The smallest absolute Gasteiger partial charge is 0.259 e. The first-order valence-corrected chi connectivity index (χ1v) is 10.4. The van der Waals surface area contributed by atoms with Crippen LogP contribution in [0.5, 0.6) is 23.0 Å².